The number of nitrogens with zero attached hydrogens (tertiary/aromatic N) is 1. The molecule has 1 aliphatic carbocycles. The molecule has 1 heterocycles. The van der Waals surface area contributed by atoms with Crippen molar-refractivity contribution in [1.82, 2.24) is 4.90 Å². The summed E-state index contributed by atoms with van der Waals surface area (Å²) in [6.07, 6.45) is 7.20. The summed E-state index contributed by atoms with van der Waals surface area (Å²) in [6, 6.07) is 0.594. The first-order chi connectivity index (χ1) is 7.83. The van der Waals surface area contributed by atoms with Gasteiger partial charge in [-0.3, -0.25) is 4.90 Å². The second kappa shape index (κ2) is 5.70. The van der Waals surface area contributed by atoms with Crippen LogP contribution in [0.15, 0.2) is 0 Å². The first-order valence-corrected chi connectivity index (χ1v) is 6.64. The molecule has 0 spiro atoms. The standard InChI is InChI=1S/C14H23NO/c1-2-3-10-15-11-6-8-13(15)12-7-4-5-9-14(12)16/h12-14,16H,4-11H2,1H3. The number of likely N-dealkylation sites (tertiary alicyclic amines) is 1. The fourth-order valence-corrected chi connectivity index (χ4v) is 3.30. The van der Waals surface area contributed by atoms with Crippen LogP contribution in [-0.4, -0.2) is 35.2 Å². The molecule has 0 aromatic heterocycles. The minimum absolute atomic E-state index is 0.0612. The lowest BCUT2D eigenvalue weighted by Gasteiger charge is -2.36. The van der Waals surface area contributed by atoms with E-state index in [0.29, 0.717) is 12.0 Å². The molecule has 2 rings (SSSR count). The highest BCUT2D eigenvalue weighted by atomic mass is 16.3. The van der Waals surface area contributed by atoms with Crippen molar-refractivity contribution in [1.29, 1.82) is 0 Å². The van der Waals surface area contributed by atoms with Gasteiger partial charge in [0.1, 0.15) is 0 Å². The van der Waals surface area contributed by atoms with Gasteiger partial charge >= 0.3 is 0 Å². The lowest BCUT2D eigenvalue weighted by molar-refractivity contribution is 0.0254. The quantitative estimate of drug-likeness (QED) is 0.721. The monoisotopic (exact) mass is 221 g/mol. The number of aliphatic hydroxyl groups excluding tert-OH is 1. The van der Waals surface area contributed by atoms with Crippen LogP contribution in [0.4, 0.5) is 0 Å². The highest BCUT2D eigenvalue weighted by Gasteiger charge is 2.36. The molecule has 0 amide bonds. The third kappa shape index (κ3) is 2.59. The number of rotatable bonds is 2. The molecule has 2 aliphatic rings. The molecular weight excluding hydrogens is 198 g/mol. The zero-order valence-corrected chi connectivity index (χ0v) is 10.3. The van der Waals surface area contributed by atoms with Gasteiger partial charge in [0.25, 0.3) is 0 Å². The Balaban J connectivity index is 1.97. The third-order valence-electron chi connectivity index (χ3n) is 4.15. The van der Waals surface area contributed by atoms with Crippen molar-refractivity contribution in [3.8, 4) is 11.8 Å². The number of hydrogen-bond acceptors (Lipinski definition) is 2. The Morgan fingerprint density at radius 1 is 1.19 bits per heavy atom. The normalized spacial score (nSPS) is 35.8. The van der Waals surface area contributed by atoms with E-state index >= 15 is 0 Å². The molecule has 90 valence electrons. The van der Waals surface area contributed by atoms with Crippen LogP contribution in [-0.2, 0) is 0 Å². The summed E-state index contributed by atoms with van der Waals surface area (Å²) in [5.41, 5.74) is 0. The van der Waals surface area contributed by atoms with Crippen molar-refractivity contribution >= 4 is 0 Å². The SMILES string of the molecule is CC#CCN1CCCC1C1CCCCC1O. The minimum Gasteiger partial charge on any atom is -0.393 e. The highest BCUT2D eigenvalue weighted by molar-refractivity contribution is 5.01. The zero-order valence-electron chi connectivity index (χ0n) is 10.3. The molecule has 2 nitrogen and oxygen atoms in total. The molecule has 1 saturated heterocycles. The van der Waals surface area contributed by atoms with Gasteiger partial charge in [0.2, 0.25) is 0 Å². The fourth-order valence-electron chi connectivity index (χ4n) is 3.30. The molecule has 0 radical (unpaired) electrons. The predicted molar refractivity (Wildman–Crippen MR) is 66.0 cm³/mol. The second-order valence-corrected chi connectivity index (χ2v) is 5.12. The van der Waals surface area contributed by atoms with Crippen molar-refractivity contribution in [3.63, 3.8) is 0 Å². The van der Waals surface area contributed by atoms with Gasteiger partial charge in [-0.15, -0.1) is 5.92 Å². The second-order valence-electron chi connectivity index (χ2n) is 5.12. The van der Waals surface area contributed by atoms with Crippen LogP contribution in [0.3, 0.4) is 0 Å². The van der Waals surface area contributed by atoms with E-state index in [-0.39, 0.29) is 6.10 Å². The van der Waals surface area contributed by atoms with Crippen LogP contribution < -0.4 is 0 Å². The van der Waals surface area contributed by atoms with Crippen LogP contribution in [0.2, 0.25) is 0 Å². The molecule has 1 saturated carbocycles. The van der Waals surface area contributed by atoms with Crippen LogP contribution in [0.25, 0.3) is 0 Å². The summed E-state index contributed by atoms with van der Waals surface area (Å²) < 4.78 is 0. The Hall–Kier alpha value is -0.520. The van der Waals surface area contributed by atoms with Crippen molar-refractivity contribution in [2.45, 2.75) is 57.6 Å². The van der Waals surface area contributed by atoms with E-state index in [9.17, 15) is 5.11 Å². The number of hydrogen-bond donors (Lipinski definition) is 1. The van der Waals surface area contributed by atoms with Crippen molar-refractivity contribution < 1.29 is 5.11 Å². The molecule has 2 fully saturated rings. The van der Waals surface area contributed by atoms with Crippen molar-refractivity contribution in [2.75, 3.05) is 13.1 Å². The minimum atomic E-state index is -0.0612. The average molecular weight is 221 g/mol. The predicted octanol–water partition coefficient (Wildman–Crippen LogP) is 2.03. The van der Waals surface area contributed by atoms with Gasteiger partial charge in [-0.1, -0.05) is 18.8 Å². The molecule has 1 aliphatic heterocycles. The van der Waals surface area contributed by atoms with E-state index in [4.69, 9.17) is 0 Å². The van der Waals surface area contributed by atoms with Gasteiger partial charge in [-0.2, -0.15) is 0 Å². The zero-order chi connectivity index (χ0) is 11.4. The summed E-state index contributed by atoms with van der Waals surface area (Å²) in [5, 5.41) is 10.1. The van der Waals surface area contributed by atoms with Crippen LogP contribution in [0, 0.1) is 17.8 Å². The first-order valence-electron chi connectivity index (χ1n) is 6.64. The Morgan fingerprint density at radius 2 is 2.00 bits per heavy atom. The largest absolute Gasteiger partial charge is 0.393 e. The molecule has 16 heavy (non-hydrogen) atoms. The van der Waals surface area contributed by atoms with Gasteiger partial charge in [-0.25, -0.2) is 0 Å². The molecule has 2 heteroatoms. The highest BCUT2D eigenvalue weighted by Crippen LogP contribution is 2.34. The lowest BCUT2D eigenvalue weighted by Crippen LogP contribution is -2.42. The summed E-state index contributed by atoms with van der Waals surface area (Å²) in [6.45, 7) is 3.97. The maximum Gasteiger partial charge on any atom is 0.0603 e. The van der Waals surface area contributed by atoms with Crippen molar-refractivity contribution in [2.24, 2.45) is 5.92 Å². The van der Waals surface area contributed by atoms with E-state index in [0.717, 1.165) is 13.0 Å². The smallest absolute Gasteiger partial charge is 0.0603 e. The first kappa shape index (κ1) is 12.0. The Morgan fingerprint density at radius 3 is 2.75 bits per heavy atom. The van der Waals surface area contributed by atoms with E-state index in [2.05, 4.69) is 16.7 Å². The van der Waals surface area contributed by atoms with Crippen LogP contribution in [0.1, 0.15) is 45.4 Å². The number of aliphatic hydroxyl groups is 1. The van der Waals surface area contributed by atoms with Gasteiger partial charge in [0.05, 0.1) is 12.6 Å². The topological polar surface area (TPSA) is 23.5 Å². The molecule has 3 atom stereocenters. The van der Waals surface area contributed by atoms with Gasteiger partial charge in [-0.05, 0) is 39.2 Å². The molecule has 0 aromatic rings. The Bertz CT molecular complexity index is 278. The Labute approximate surface area is 99.0 Å². The van der Waals surface area contributed by atoms with E-state index < -0.39 is 0 Å². The maximum absolute atomic E-state index is 10.1. The molecule has 1 N–H and O–H groups in total. The molecular formula is C14H23NO. The van der Waals surface area contributed by atoms with Crippen LogP contribution >= 0.6 is 0 Å². The van der Waals surface area contributed by atoms with Gasteiger partial charge in [0.15, 0.2) is 0 Å². The van der Waals surface area contributed by atoms with Gasteiger partial charge in [0, 0.05) is 12.0 Å². The summed E-state index contributed by atoms with van der Waals surface area (Å²) in [7, 11) is 0. The summed E-state index contributed by atoms with van der Waals surface area (Å²) in [5.74, 6) is 6.65. The Kier molecular flexibility index (Phi) is 4.26. The van der Waals surface area contributed by atoms with E-state index in [1.165, 1.54) is 38.6 Å². The van der Waals surface area contributed by atoms with E-state index in [1.807, 2.05) is 6.92 Å². The average Bonchev–Trinajstić information content (AvgIpc) is 2.75. The molecule has 3 unspecified atom stereocenters. The molecule has 0 aromatic carbocycles. The van der Waals surface area contributed by atoms with Crippen molar-refractivity contribution in [3.05, 3.63) is 0 Å². The van der Waals surface area contributed by atoms with E-state index in [1.54, 1.807) is 0 Å². The van der Waals surface area contributed by atoms with Gasteiger partial charge < -0.3 is 5.11 Å². The summed E-state index contributed by atoms with van der Waals surface area (Å²) >= 11 is 0. The fraction of sp³-hybridized carbons (Fsp3) is 0.857. The molecule has 0 bridgehead atoms. The maximum atomic E-state index is 10.1. The summed E-state index contributed by atoms with van der Waals surface area (Å²) in [4.78, 5) is 2.48. The lowest BCUT2D eigenvalue weighted by atomic mass is 9.80. The third-order valence-corrected chi connectivity index (χ3v) is 4.15. The van der Waals surface area contributed by atoms with Crippen LogP contribution in [0.5, 0.6) is 0 Å².